The minimum atomic E-state index is -1.33. The number of anilines is 1. The third kappa shape index (κ3) is 10.9. The summed E-state index contributed by atoms with van der Waals surface area (Å²) in [5.41, 5.74) is 1.71. The van der Waals surface area contributed by atoms with Gasteiger partial charge in [0.15, 0.2) is 6.10 Å². The molecule has 1 amide bonds. The van der Waals surface area contributed by atoms with E-state index in [4.69, 9.17) is 4.74 Å². The number of ether oxygens (including phenoxy) is 1. The van der Waals surface area contributed by atoms with Crippen molar-refractivity contribution < 1.29 is 33.3 Å². The quantitative estimate of drug-likeness (QED) is 0.154. The molecule has 0 fully saturated rings. The number of amides is 1. The monoisotopic (exact) mass is 615 g/mol. The molecular formula is C32H39F2N3O5S. The minimum Gasteiger partial charge on any atom is -0.453 e. The molecule has 0 heterocycles. The fraction of sp³-hybridized carbons (Fsp3) is 0.375. The smallest absolute Gasteiger partial charge is 0.293 e. The average molecular weight is 616 g/mol. The van der Waals surface area contributed by atoms with Gasteiger partial charge in [0.2, 0.25) is 0 Å². The molecule has 3 atom stereocenters. The number of nitrogens with zero attached hydrogens (tertiary/aromatic N) is 2. The second-order valence-electron chi connectivity index (χ2n) is 10.7. The van der Waals surface area contributed by atoms with Gasteiger partial charge in [-0.25, -0.2) is 13.1 Å². The molecule has 3 aromatic rings. The van der Waals surface area contributed by atoms with E-state index in [9.17, 15) is 28.6 Å². The van der Waals surface area contributed by atoms with Crippen LogP contribution in [0, 0.1) is 17.6 Å². The first-order valence-electron chi connectivity index (χ1n) is 14.0. The number of halogens is 2. The van der Waals surface area contributed by atoms with E-state index in [1.54, 1.807) is 0 Å². The Morgan fingerprint density at radius 2 is 1.70 bits per heavy atom. The van der Waals surface area contributed by atoms with E-state index in [2.05, 4.69) is 19.2 Å². The van der Waals surface area contributed by atoms with Gasteiger partial charge in [-0.1, -0.05) is 56.3 Å². The molecule has 3 unspecified atom stereocenters. The highest BCUT2D eigenvalue weighted by Gasteiger charge is 2.30. The van der Waals surface area contributed by atoms with E-state index in [0.717, 1.165) is 28.2 Å². The predicted octanol–water partition coefficient (Wildman–Crippen LogP) is 4.19. The summed E-state index contributed by atoms with van der Waals surface area (Å²) in [6.07, 6.45) is -2.05. The molecular weight excluding hydrogens is 576 g/mol. The first-order chi connectivity index (χ1) is 20.6. The minimum absolute atomic E-state index is 0.0305. The molecule has 0 radical (unpaired) electrons. The Balaban J connectivity index is 1.79. The van der Waals surface area contributed by atoms with E-state index in [1.165, 1.54) is 30.0 Å². The maximum Gasteiger partial charge on any atom is 0.293 e. The topological polar surface area (TPSA) is 102 Å². The second kappa shape index (κ2) is 17.0. The molecule has 3 rings (SSSR count). The Labute approximate surface area is 255 Å². The molecule has 3 aromatic carbocycles. The number of aliphatic hydroxyl groups excluding tert-OH is 2. The number of rotatable bonds is 17. The zero-order chi connectivity index (χ0) is 31.4. The zero-order valence-corrected chi connectivity index (χ0v) is 25.3. The van der Waals surface area contributed by atoms with E-state index in [0.29, 0.717) is 13.0 Å². The van der Waals surface area contributed by atoms with Crippen molar-refractivity contribution in [1.82, 2.24) is 9.62 Å². The van der Waals surface area contributed by atoms with Crippen LogP contribution in [0.4, 0.5) is 14.5 Å². The summed E-state index contributed by atoms with van der Waals surface area (Å²) in [6.45, 7) is 4.89. The van der Waals surface area contributed by atoms with Crippen molar-refractivity contribution in [3.8, 4) is 0 Å². The summed E-state index contributed by atoms with van der Waals surface area (Å²) in [6, 6.07) is 19.2. The van der Waals surface area contributed by atoms with Gasteiger partial charge in [0.1, 0.15) is 11.6 Å². The summed E-state index contributed by atoms with van der Waals surface area (Å²) in [5.74, 6) is -1.94. The van der Waals surface area contributed by atoms with E-state index < -0.39 is 35.8 Å². The molecule has 0 aromatic heterocycles. The summed E-state index contributed by atoms with van der Waals surface area (Å²) < 4.78 is 34.9. The lowest BCUT2D eigenvalue weighted by molar-refractivity contribution is -0.145. The number of hydrogen-bond acceptors (Lipinski definition) is 8. The fourth-order valence-corrected chi connectivity index (χ4v) is 5.67. The molecule has 0 aliphatic heterocycles. The molecule has 0 aliphatic carbocycles. The van der Waals surface area contributed by atoms with Crippen LogP contribution in [0.15, 0.2) is 77.7 Å². The van der Waals surface area contributed by atoms with Gasteiger partial charge >= 0.3 is 0 Å². The summed E-state index contributed by atoms with van der Waals surface area (Å²) >= 11 is 1.47. The highest BCUT2D eigenvalue weighted by atomic mass is 32.2. The predicted molar refractivity (Wildman–Crippen MR) is 163 cm³/mol. The van der Waals surface area contributed by atoms with Crippen molar-refractivity contribution in [3.63, 3.8) is 0 Å². The van der Waals surface area contributed by atoms with Gasteiger partial charge in [0, 0.05) is 31.1 Å². The van der Waals surface area contributed by atoms with Gasteiger partial charge < -0.3 is 25.2 Å². The molecule has 0 bridgehead atoms. The lowest BCUT2D eigenvalue weighted by Crippen LogP contribution is -2.53. The van der Waals surface area contributed by atoms with Crippen molar-refractivity contribution in [1.29, 1.82) is 0 Å². The third-order valence-corrected chi connectivity index (χ3v) is 7.70. The normalized spacial score (nSPS) is 13.4. The average Bonchev–Trinajstić information content (AvgIpc) is 2.97. The number of aliphatic hydroxyl groups is 2. The zero-order valence-electron chi connectivity index (χ0n) is 24.5. The molecule has 0 saturated carbocycles. The Bertz CT molecular complexity index is 1300. The number of nitrogens with one attached hydrogen (secondary N) is 1. The number of likely N-dealkylation sites (N-methyl/N-ethyl adjacent to an activating group) is 1. The fourth-order valence-electron chi connectivity index (χ4n) is 4.52. The number of benzene rings is 3. The molecule has 0 saturated heterocycles. The van der Waals surface area contributed by atoms with E-state index >= 15 is 0 Å². The largest absolute Gasteiger partial charge is 0.453 e. The lowest BCUT2D eigenvalue weighted by atomic mass is 10.0. The number of carbonyl (C=O) groups is 2. The molecule has 3 N–H and O–H groups in total. The molecule has 0 spiro atoms. The van der Waals surface area contributed by atoms with Crippen molar-refractivity contribution in [2.45, 2.75) is 50.0 Å². The number of carbonyl (C=O) groups excluding carboxylic acids is 2. The maximum atomic E-state index is 14.4. The van der Waals surface area contributed by atoms with Crippen LogP contribution in [-0.2, 0) is 27.4 Å². The van der Waals surface area contributed by atoms with E-state index in [-0.39, 0.29) is 37.8 Å². The number of hydrogen-bond donors (Lipinski definition) is 3. The van der Waals surface area contributed by atoms with Gasteiger partial charge in [-0.3, -0.25) is 9.59 Å². The van der Waals surface area contributed by atoms with Crippen LogP contribution < -0.4 is 10.2 Å². The van der Waals surface area contributed by atoms with Gasteiger partial charge in [-0.15, -0.1) is 0 Å². The lowest BCUT2D eigenvalue weighted by Gasteiger charge is -2.32. The third-order valence-electron chi connectivity index (χ3n) is 6.66. The van der Waals surface area contributed by atoms with Crippen LogP contribution in [0.5, 0.6) is 0 Å². The summed E-state index contributed by atoms with van der Waals surface area (Å²) in [4.78, 5) is 27.0. The van der Waals surface area contributed by atoms with Gasteiger partial charge in [-0.2, -0.15) is 0 Å². The summed E-state index contributed by atoms with van der Waals surface area (Å²) in [7, 11) is 1.50. The Morgan fingerprint density at radius 1 is 1.00 bits per heavy atom. The Hall–Kier alpha value is -3.51. The molecule has 11 heteroatoms. The van der Waals surface area contributed by atoms with Crippen LogP contribution >= 0.6 is 11.9 Å². The molecule has 0 aliphatic rings. The molecule has 8 nitrogen and oxygen atoms in total. The first kappa shape index (κ1) is 34.0. The van der Waals surface area contributed by atoms with Crippen molar-refractivity contribution in [3.05, 3.63) is 95.6 Å². The van der Waals surface area contributed by atoms with Crippen molar-refractivity contribution in [2.24, 2.45) is 5.92 Å². The maximum absolute atomic E-state index is 14.4. The van der Waals surface area contributed by atoms with Gasteiger partial charge in [0.25, 0.3) is 12.4 Å². The highest BCUT2D eigenvalue weighted by Crippen LogP contribution is 2.25. The van der Waals surface area contributed by atoms with Crippen molar-refractivity contribution in [2.75, 3.05) is 31.6 Å². The van der Waals surface area contributed by atoms with Crippen LogP contribution in [0.3, 0.4) is 0 Å². The van der Waals surface area contributed by atoms with Gasteiger partial charge in [0.05, 0.1) is 31.0 Å². The van der Waals surface area contributed by atoms with Gasteiger partial charge in [-0.05, 0) is 59.7 Å². The summed E-state index contributed by atoms with van der Waals surface area (Å²) in [5, 5.41) is 23.7. The van der Waals surface area contributed by atoms with Crippen LogP contribution in [-0.4, -0.2) is 71.8 Å². The standard InChI is InChI=1S/C32H39F2N3O5S/c1-22(2)17-37(43-26-12-9-24(20-38)10-13-26)18-30(40)28(15-23-7-5-4-6-8-23)35-32(41)31(42-21-39)19-36(3)29-14-11-25(33)16-27(29)34/h4-14,16,21-22,28,30-31,38,40H,15,17-20H2,1-3H3,(H,35,41). The molecule has 43 heavy (non-hydrogen) atoms. The Kier molecular flexibility index (Phi) is 13.4. The highest BCUT2D eigenvalue weighted by molar-refractivity contribution is 7.97. The van der Waals surface area contributed by atoms with Crippen molar-refractivity contribution >= 4 is 30.0 Å². The van der Waals surface area contributed by atoms with Crippen LogP contribution in [0.1, 0.15) is 25.0 Å². The molecule has 232 valence electrons. The SMILES string of the molecule is CC(C)CN(CC(O)C(Cc1ccccc1)NC(=O)C(CN(C)c1ccc(F)cc1F)OC=O)Sc1ccc(CO)cc1. The Morgan fingerprint density at radius 3 is 2.30 bits per heavy atom. The van der Waals surface area contributed by atoms with E-state index in [1.807, 2.05) is 58.9 Å². The first-order valence-corrected chi connectivity index (χ1v) is 14.8. The second-order valence-corrected chi connectivity index (χ2v) is 11.9. The van der Waals surface area contributed by atoms with Crippen LogP contribution in [0.25, 0.3) is 0 Å². The van der Waals surface area contributed by atoms with Crippen LogP contribution in [0.2, 0.25) is 0 Å².